The fraction of sp³-hybridized carbons (Fsp3) is 0.652. The summed E-state index contributed by atoms with van der Waals surface area (Å²) < 4.78 is 5.45. The van der Waals surface area contributed by atoms with Crippen molar-refractivity contribution in [3.63, 3.8) is 0 Å². The largest absolute Gasteiger partial charge is 0.444 e. The van der Waals surface area contributed by atoms with Crippen molar-refractivity contribution in [2.75, 3.05) is 39.3 Å². The number of carbonyl (C=O) groups excluding carboxylic acids is 2. The highest BCUT2D eigenvalue weighted by molar-refractivity contribution is 5.79. The molecule has 0 unspecified atom stereocenters. The summed E-state index contributed by atoms with van der Waals surface area (Å²) in [4.78, 5) is 31.5. The predicted molar refractivity (Wildman–Crippen MR) is 113 cm³/mol. The molecule has 1 aromatic rings. The number of amides is 2. The Bertz CT molecular complexity index is 678. The number of ether oxygens (including phenoxy) is 1. The highest BCUT2D eigenvalue weighted by Gasteiger charge is 2.32. The van der Waals surface area contributed by atoms with E-state index in [2.05, 4.69) is 29.2 Å². The predicted octanol–water partition coefficient (Wildman–Crippen LogP) is 3.37. The molecule has 1 aromatic carbocycles. The van der Waals surface area contributed by atoms with E-state index in [-0.39, 0.29) is 17.9 Å². The Balaban J connectivity index is 1.46. The summed E-state index contributed by atoms with van der Waals surface area (Å²) >= 11 is 0. The maximum Gasteiger partial charge on any atom is 0.410 e. The molecule has 0 N–H and O–H groups in total. The van der Waals surface area contributed by atoms with Crippen LogP contribution in [0.25, 0.3) is 0 Å². The number of rotatable bonds is 3. The molecule has 3 rings (SSSR count). The van der Waals surface area contributed by atoms with Crippen molar-refractivity contribution in [1.82, 2.24) is 14.7 Å². The molecule has 0 spiro atoms. The second-order valence-electron chi connectivity index (χ2n) is 9.18. The Morgan fingerprint density at radius 1 is 0.931 bits per heavy atom. The first-order valence-corrected chi connectivity index (χ1v) is 10.8. The minimum absolute atomic E-state index is 0.0226. The van der Waals surface area contributed by atoms with Gasteiger partial charge in [0.25, 0.3) is 0 Å². The summed E-state index contributed by atoms with van der Waals surface area (Å²) in [6.45, 7) is 11.3. The zero-order valence-electron chi connectivity index (χ0n) is 18.1. The van der Waals surface area contributed by atoms with Gasteiger partial charge in [-0.05, 0) is 45.6 Å². The van der Waals surface area contributed by atoms with Crippen molar-refractivity contribution in [3.05, 3.63) is 35.9 Å². The number of nitrogens with zero attached hydrogens (tertiary/aromatic N) is 3. The van der Waals surface area contributed by atoms with E-state index in [4.69, 9.17) is 4.74 Å². The molecule has 29 heavy (non-hydrogen) atoms. The van der Waals surface area contributed by atoms with Crippen molar-refractivity contribution in [3.8, 4) is 0 Å². The summed E-state index contributed by atoms with van der Waals surface area (Å²) in [7, 11) is 0. The Labute approximate surface area is 174 Å². The highest BCUT2D eigenvalue weighted by Crippen LogP contribution is 2.22. The molecule has 2 heterocycles. The molecule has 2 aliphatic rings. The van der Waals surface area contributed by atoms with Crippen LogP contribution in [0, 0.1) is 5.92 Å². The normalized spacial score (nSPS) is 19.7. The Morgan fingerprint density at radius 3 is 2.28 bits per heavy atom. The molecule has 0 aliphatic carbocycles. The van der Waals surface area contributed by atoms with Gasteiger partial charge in [-0.15, -0.1) is 0 Å². The summed E-state index contributed by atoms with van der Waals surface area (Å²) in [6.07, 6.45) is 2.19. The average Bonchev–Trinajstić information content (AvgIpc) is 2.93. The standard InChI is InChI=1S/C23H35N3O3/c1-23(2,3)29-22(28)26-14-10-20(11-15-26)21(27)25-13-7-12-24(16-17-25)18-19-8-5-4-6-9-19/h4-6,8-9,20H,7,10-18H2,1-3H3. The van der Waals surface area contributed by atoms with Crippen molar-refractivity contribution in [1.29, 1.82) is 0 Å². The van der Waals surface area contributed by atoms with E-state index >= 15 is 0 Å². The van der Waals surface area contributed by atoms with E-state index in [1.165, 1.54) is 5.56 Å². The molecule has 2 saturated heterocycles. The average molecular weight is 402 g/mol. The second kappa shape index (κ2) is 9.61. The first-order valence-electron chi connectivity index (χ1n) is 10.8. The maximum atomic E-state index is 13.0. The Morgan fingerprint density at radius 2 is 1.62 bits per heavy atom. The summed E-state index contributed by atoms with van der Waals surface area (Å²) in [5.74, 6) is 0.282. The third-order valence-corrected chi connectivity index (χ3v) is 5.65. The molecule has 0 aromatic heterocycles. The van der Waals surface area contributed by atoms with Crippen LogP contribution in [0.15, 0.2) is 30.3 Å². The van der Waals surface area contributed by atoms with Crippen LogP contribution in [0.4, 0.5) is 4.79 Å². The number of carbonyl (C=O) groups is 2. The van der Waals surface area contributed by atoms with E-state index in [0.717, 1.165) is 52.0 Å². The topological polar surface area (TPSA) is 53.1 Å². The lowest BCUT2D eigenvalue weighted by molar-refractivity contribution is -0.137. The molecule has 0 saturated carbocycles. The number of hydrogen-bond donors (Lipinski definition) is 0. The monoisotopic (exact) mass is 401 g/mol. The third-order valence-electron chi connectivity index (χ3n) is 5.65. The molecular weight excluding hydrogens is 366 g/mol. The highest BCUT2D eigenvalue weighted by atomic mass is 16.6. The van der Waals surface area contributed by atoms with Crippen LogP contribution in [-0.2, 0) is 16.1 Å². The first-order chi connectivity index (χ1) is 13.8. The quantitative estimate of drug-likeness (QED) is 0.779. The zero-order valence-corrected chi connectivity index (χ0v) is 18.1. The minimum atomic E-state index is -0.485. The lowest BCUT2D eigenvalue weighted by Gasteiger charge is -2.34. The van der Waals surface area contributed by atoms with Crippen molar-refractivity contribution in [2.45, 2.75) is 52.2 Å². The van der Waals surface area contributed by atoms with Crippen LogP contribution in [0.2, 0.25) is 0 Å². The smallest absolute Gasteiger partial charge is 0.410 e. The van der Waals surface area contributed by atoms with E-state index in [1.54, 1.807) is 4.90 Å². The van der Waals surface area contributed by atoms with Crippen LogP contribution in [0.1, 0.15) is 45.6 Å². The van der Waals surface area contributed by atoms with Gasteiger partial charge in [0, 0.05) is 51.7 Å². The summed E-state index contributed by atoms with van der Waals surface area (Å²) in [5, 5.41) is 0. The fourth-order valence-corrected chi connectivity index (χ4v) is 4.08. The fourth-order valence-electron chi connectivity index (χ4n) is 4.08. The Hall–Kier alpha value is -2.08. The van der Waals surface area contributed by atoms with Crippen LogP contribution in [-0.4, -0.2) is 71.6 Å². The molecule has 6 heteroatoms. The van der Waals surface area contributed by atoms with Gasteiger partial charge < -0.3 is 14.5 Å². The lowest BCUT2D eigenvalue weighted by atomic mass is 9.95. The number of piperidine rings is 1. The molecular formula is C23H35N3O3. The summed E-state index contributed by atoms with van der Waals surface area (Å²) in [5.41, 5.74) is 0.836. The summed E-state index contributed by atoms with van der Waals surface area (Å²) in [6, 6.07) is 10.5. The van der Waals surface area contributed by atoms with E-state index in [1.807, 2.05) is 31.7 Å². The zero-order chi connectivity index (χ0) is 20.9. The van der Waals surface area contributed by atoms with E-state index in [9.17, 15) is 9.59 Å². The minimum Gasteiger partial charge on any atom is -0.444 e. The molecule has 6 nitrogen and oxygen atoms in total. The number of hydrogen-bond acceptors (Lipinski definition) is 4. The van der Waals surface area contributed by atoms with Gasteiger partial charge in [-0.1, -0.05) is 30.3 Å². The lowest BCUT2D eigenvalue weighted by Crippen LogP contribution is -2.46. The van der Waals surface area contributed by atoms with Crippen molar-refractivity contribution >= 4 is 12.0 Å². The van der Waals surface area contributed by atoms with E-state index < -0.39 is 5.60 Å². The Kier molecular flexibility index (Phi) is 7.17. The number of benzene rings is 1. The van der Waals surface area contributed by atoms with Crippen LogP contribution in [0.5, 0.6) is 0 Å². The van der Waals surface area contributed by atoms with Gasteiger partial charge in [-0.25, -0.2) is 4.79 Å². The van der Waals surface area contributed by atoms with Crippen molar-refractivity contribution in [2.24, 2.45) is 5.92 Å². The second-order valence-corrected chi connectivity index (χ2v) is 9.18. The molecule has 2 fully saturated rings. The SMILES string of the molecule is CC(C)(C)OC(=O)N1CCC(C(=O)N2CCCN(Cc3ccccc3)CC2)CC1. The molecule has 2 amide bonds. The molecule has 2 aliphatic heterocycles. The van der Waals surface area contributed by atoms with Crippen LogP contribution >= 0.6 is 0 Å². The van der Waals surface area contributed by atoms with Crippen molar-refractivity contribution < 1.29 is 14.3 Å². The third kappa shape index (κ3) is 6.46. The number of likely N-dealkylation sites (tertiary alicyclic amines) is 1. The van der Waals surface area contributed by atoms with Gasteiger partial charge >= 0.3 is 6.09 Å². The van der Waals surface area contributed by atoms with Gasteiger partial charge in [-0.3, -0.25) is 9.69 Å². The maximum absolute atomic E-state index is 13.0. The first kappa shape index (κ1) is 21.6. The van der Waals surface area contributed by atoms with E-state index in [0.29, 0.717) is 13.1 Å². The van der Waals surface area contributed by atoms with Crippen LogP contribution in [0.3, 0.4) is 0 Å². The van der Waals surface area contributed by atoms with Crippen LogP contribution < -0.4 is 0 Å². The van der Waals surface area contributed by atoms with Gasteiger partial charge in [0.1, 0.15) is 5.60 Å². The molecule has 160 valence electrons. The van der Waals surface area contributed by atoms with Gasteiger partial charge in [0.05, 0.1) is 0 Å². The molecule has 0 radical (unpaired) electrons. The molecule has 0 bridgehead atoms. The van der Waals surface area contributed by atoms with Gasteiger partial charge in [-0.2, -0.15) is 0 Å². The molecule has 0 atom stereocenters. The van der Waals surface area contributed by atoms with Gasteiger partial charge in [0.15, 0.2) is 0 Å². The van der Waals surface area contributed by atoms with Gasteiger partial charge in [0.2, 0.25) is 5.91 Å².